The average molecular weight is 1000 g/mol. The molecule has 420 valence electrons. The molecule has 6 heteroatoms. The Kier molecular flexibility index (Phi) is 59.5. The van der Waals surface area contributed by atoms with Gasteiger partial charge in [-0.15, -0.1) is 0 Å². The van der Waals surface area contributed by atoms with Crippen molar-refractivity contribution >= 4 is 11.9 Å². The van der Waals surface area contributed by atoms with Crippen molar-refractivity contribution in [2.24, 2.45) is 0 Å². The largest absolute Gasteiger partial charge is 0.466 e. The van der Waals surface area contributed by atoms with Gasteiger partial charge in [-0.05, 0) is 57.8 Å². The molecule has 0 saturated heterocycles. The van der Waals surface area contributed by atoms with Gasteiger partial charge < -0.3 is 20.3 Å². The Morgan fingerprint density at radius 1 is 0.380 bits per heavy atom. The summed E-state index contributed by atoms with van der Waals surface area (Å²) in [5.74, 6) is -0.0505. The molecule has 0 aromatic heterocycles. The van der Waals surface area contributed by atoms with Gasteiger partial charge in [0.15, 0.2) is 0 Å². The Hall–Kier alpha value is -1.66. The summed E-state index contributed by atoms with van der Waals surface area (Å²) < 4.78 is 5.49. The zero-order valence-electron chi connectivity index (χ0n) is 48.0. The van der Waals surface area contributed by atoms with E-state index >= 15 is 0 Å². The topological polar surface area (TPSA) is 95.9 Å². The molecular formula is C65H125NO5. The second-order valence-electron chi connectivity index (χ2n) is 22.1. The molecule has 0 aromatic carbocycles. The Balaban J connectivity index is 3.38. The standard InChI is InChI=1S/C65H125NO5/c1-3-5-7-9-11-13-15-17-35-39-43-47-51-55-59-65(70)71-60-56-52-48-44-40-36-32-30-28-26-24-22-20-18-19-21-23-25-27-29-31-34-38-42-46-50-54-58-64(69)66-62(61-67)63(68)57-53-49-45-41-37-33-16-14-12-10-8-6-4-2/h18-19,53,57,62-63,67-68H,3-17,20-52,54-56,58-61H2,1-2H3,(H,66,69)/b19-18-,57-53+. The van der Waals surface area contributed by atoms with Gasteiger partial charge in [0.25, 0.3) is 0 Å². The molecule has 0 radical (unpaired) electrons. The minimum Gasteiger partial charge on any atom is -0.466 e. The van der Waals surface area contributed by atoms with Gasteiger partial charge in [0, 0.05) is 12.8 Å². The van der Waals surface area contributed by atoms with Crippen molar-refractivity contribution in [2.75, 3.05) is 13.2 Å². The average Bonchev–Trinajstić information content (AvgIpc) is 3.37. The molecule has 0 bridgehead atoms. The second kappa shape index (κ2) is 60.9. The molecule has 71 heavy (non-hydrogen) atoms. The van der Waals surface area contributed by atoms with Crippen LogP contribution in [0.3, 0.4) is 0 Å². The van der Waals surface area contributed by atoms with Crippen LogP contribution in [0.4, 0.5) is 0 Å². The zero-order chi connectivity index (χ0) is 51.4. The number of carbonyl (C=O) groups excluding carboxylic acids is 2. The van der Waals surface area contributed by atoms with Crippen molar-refractivity contribution in [3.63, 3.8) is 0 Å². The number of aliphatic hydroxyl groups excluding tert-OH is 2. The van der Waals surface area contributed by atoms with E-state index in [1.54, 1.807) is 6.08 Å². The summed E-state index contributed by atoms with van der Waals surface area (Å²) in [5, 5.41) is 23.1. The van der Waals surface area contributed by atoms with Crippen molar-refractivity contribution in [1.29, 1.82) is 0 Å². The predicted molar refractivity (Wildman–Crippen MR) is 310 cm³/mol. The lowest BCUT2D eigenvalue weighted by atomic mass is 10.0. The highest BCUT2D eigenvalue weighted by Gasteiger charge is 2.18. The van der Waals surface area contributed by atoms with E-state index in [2.05, 4.69) is 31.3 Å². The third kappa shape index (κ3) is 57.5. The molecule has 6 nitrogen and oxygen atoms in total. The molecule has 0 aliphatic heterocycles. The van der Waals surface area contributed by atoms with Gasteiger partial charge in [0.2, 0.25) is 5.91 Å². The molecule has 2 atom stereocenters. The van der Waals surface area contributed by atoms with E-state index in [-0.39, 0.29) is 18.5 Å². The van der Waals surface area contributed by atoms with Crippen LogP contribution in [0.5, 0.6) is 0 Å². The molecule has 0 spiro atoms. The molecule has 1 amide bonds. The minimum atomic E-state index is -0.844. The van der Waals surface area contributed by atoms with Gasteiger partial charge >= 0.3 is 5.97 Å². The van der Waals surface area contributed by atoms with Gasteiger partial charge in [0.1, 0.15) is 0 Å². The molecule has 0 heterocycles. The molecule has 3 N–H and O–H groups in total. The smallest absolute Gasteiger partial charge is 0.305 e. The summed E-state index contributed by atoms with van der Waals surface area (Å²) in [6.07, 6.45) is 75.2. The molecule has 0 saturated carbocycles. The van der Waals surface area contributed by atoms with Gasteiger partial charge in [-0.2, -0.15) is 0 Å². The van der Waals surface area contributed by atoms with Crippen LogP contribution in [-0.4, -0.2) is 47.4 Å². The van der Waals surface area contributed by atoms with Crippen molar-refractivity contribution < 1.29 is 24.5 Å². The molecular weight excluding hydrogens is 875 g/mol. The number of hydrogen-bond acceptors (Lipinski definition) is 5. The quantitative estimate of drug-likeness (QED) is 0.0320. The first-order chi connectivity index (χ1) is 35.0. The maximum Gasteiger partial charge on any atom is 0.305 e. The van der Waals surface area contributed by atoms with Gasteiger partial charge in [-0.25, -0.2) is 0 Å². The van der Waals surface area contributed by atoms with Gasteiger partial charge in [0.05, 0.1) is 25.4 Å². The summed E-state index contributed by atoms with van der Waals surface area (Å²) in [5.41, 5.74) is 0. The molecule has 0 aliphatic carbocycles. The lowest BCUT2D eigenvalue weighted by molar-refractivity contribution is -0.143. The summed E-state index contributed by atoms with van der Waals surface area (Å²) in [6.45, 7) is 4.92. The predicted octanol–water partition coefficient (Wildman–Crippen LogP) is 20.2. The number of hydrogen-bond donors (Lipinski definition) is 3. The Morgan fingerprint density at radius 2 is 0.662 bits per heavy atom. The van der Waals surface area contributed by atoms with Crippen LogP contribution in [0.25, 0.3) is 0 Å². The van der Waals surface area contributed by atoms with Crippen molar-refractivity contribution in [3.8, 4) is 0 Å². The van der Waals surface area contributed by atoms with Crippen LogP contribution in [0.15, 0.2) is 24.3 Å². The first-order valence-electron chi connectivity index (χ1n) is 32.1. The third-order valence-electron chi connectivity index (χ3n) is 15.0. The van der Waals surface area contributed by atoms with Crippen LogP contribution < -0.4 is 5.32 Å². The monoisotopic (exact) mass is 1000 g/mol. The molecule has 0 fully saturated rings. The number of nitrogens with one attached hydrogen (secondary N) is 1. The second-order valence-corrected chi connectivity index (χ2v) is 22.1. The maximum absolute atomic E-state index is 12.4. The van der Waals surface area contributed by atoms with Gasteiger partial charge in [-0.3, -0.25) is 9.59 Å². The van der Waals surface area contributed by atoms with Crippen molar-refractivity contribution in [2.45, 2.75) is 366 Å². The van der Waals surface area contributed by atoms with Crippen molar-refractivity contribution in [3.05, 3.63) is 24.3 Å². The first-order valence-corrected chi connectivity index (χ1v) is 32.1. The maximum atomic E-state index is 12.4. The SMILES string of the molecule is CCCCCCCCCCCCC/C=C/C(O)C(CO)NC(=O)CCCCCCCCCCCCC/C=C\CCCCCCCCCCCCCCOC(=O)CCCCCCCCCCCCCCCC. The third-order valence-corrected chi connectivity index (χ3v) is 15.0. The molecule has 2 unspecified atom stereocenters. The number of ether oxygens (including phenoxy) is 1. The van der Waals surface area contributed by atoms with Gasteiger partial charge in [-0.1, -0.05) is 308 Å². The summed E-state index contributed by atoms with van der Waals surface area (Å²) in [7, 11) is 0. The van der Waals surface area contributed by atoms with E-state index in [9.17, 15) is 19.8 Å². The zero-order valence-corrected chi connectivity index (χ0v) is 48.0. The first kappa shape index (κ1) is 69.3. The minimum absolute atomic E-state index is 0.0173. The Labute approximate surface area is 443 Å². The normalized spacial score (nSPS) is 12.7. The summed E-state index contributed by atoms with van der Waals surface area (Å²) >= 11 is 0. The fourth-order valence-corrected chi connectivity index (χ4v) is 10.0. The lowest BCUT2D eigenvalue weighted by Crippen LogP contribution is -2.45. The van der Waals surface area contributed by atoms with Crippen LogP contribution in [0.1, 0.15) is 354 Å². The van der Waals surface area contributed by atoms with Crippen LogP contribution >= 0.6 is 0 Å². The summed E-state index contributed by atoms with van der Waals surface area (Å²) in [6, 6.07) is -0.627. The molecule has 0 aromatic rings. The Morgan fingerprint density at radius 3 is 1.00 bits per heavy atom. The molecule has 0 aliphatic rings. The highest BCUT2D eigenvalue weighted by molar-refractivity contribution is 5.76. The molecule has 0 rings (SSSR count). The van der Waals surface area contributed by atoms with E-state index < -0.39 is 12.1 Å². The van der Waals surface area contributed by atoms with Crippen LogP contribution in [-0.2, 0) is 14.3 Å². The number of esters is 1. The number of amides is 1. The Bertz CT molecular complexity index is 1110. The fraction of sp³-hybridized carbons (Fsp3) is 0.908. The number of carbonyl (C=O) groups is 2. The van der Waals surface area contributed by atoms with E-state index in [0.29, 0.717) is 19.4 Å². The highest BCUT2D eigenvalue weighted by atomic mass is 16.5. The van der Waals surface area contributed by atoms with E-state index in [4.69, 9.17) is 4.74 Å². The number of unbranched alkanes of at least 4 members (excludes halogenated alkanes) is 47. The lowest BCUT2D eigenvalue weighted by Gasteiger charge is -2.20. The summed E-state index contributed by atoms with van der Waals surface area (Å²) in [4.78, 5) is 24.5. The van der Waals surface area contributed by atoms with E-state index in [0.717, 1.165) is 38.5 Å². The number of aliphatic hydroxyl groups is 2. The van der Waals surface area contributed by atoms with Crippen LogP contribution in [0, 0.1) is 0 Å². The van der Waals surface area contributed by atoms with Crippen molar-refractivity contribution in [1.82, 2.24) is 5.32 Å². The fourth-order valence-electron chi connectivity index (χ4n) is 10.0. The van der Waals surface area contributed by atoms with Crippen LogP contribution in [0.2, 0.25) is 0 Å². The highest BCUT2D eigenvalue weighted by Crippen LogP contribution is 2.18. The van der Waals surface area contributed by atoms with E-state index in [1.165, 1.54) is 289 Å². The number of allylic oxidation sites excluding steroid dienone is 3. The number of rotatable bonds is 60. The van der Waals surface area contributed by atoms with E-state index in [1.807, 2.05) is 6.08 Å².